The number of aliphatic hydroxyl groups is 1. The van der Waals surface area contributed by atoms with E-state index in [0.717, 1.165) is 0 Å². The highest BCUT2D eigenvalue weighted by Gasteiger charge is 2.20. The van der Waals surface area contributed by atoms with Crippen molar-refractivity contribution < 1.29 is 14.6 Å². The van der Waals surface area contributed by atoms with Gasteiger partial charge in [0.2, 0.25) is 0 Å². The number of carbonyl (C=O) groups is 1. The second-order valence-electron chi connectivity index (χ2n) is 1.95. The highest BCUT2D eigenvalue weighted by atomic mass is 16.6. The molecule has 52 valence electrons. The molecular weight excluding hydrogens is 122 g/mol. The van der Waals surface area contributed by atoms with Crippen LogP contribution in [0.15, 0.2) is 0 Å². The summed E-state index contributed by atoms with van der Waals surface area (Å²) in [5, 5.41) is 10.9. The lowest BCUT2D eigenvalue weighted by atomic mass is 10.2. The van der Waals surface area contributed by atoms with Crippen molar-refractivity contribution in [1.82, 2.24) is 5.32 Å². The maximum Gasteiger partial charge on any atom is 0.407 e. The molecule has 1 aliphatic heterocycles. The van der Waals surface area contributed by atoms with Crippen LogP contribution in [0.5, 0.6) is 0 Å². The van der Waals surface area contributed by atoms with Crippen LogP contribution < -0.4 is 5.32 Å². The van der Waals surface area contributed by atoms with Crippen molar-refractivity contribution in [1.29, 1.82) is 0 Å². The SMILES string of the molecule is O=C1NC(CCO)CO1. The van der Waals surface area contributed by atoms with Gasteiger partial charge in [0.25, 0.3) is 0 Å². The van der Waals surface area contributed by atoms with Crippen molar-refractivity contribution in [2.24, 2.45) is 0 Å². The Labute approximate surface area is 52.8 Å². The summed E-state index contributed by atoms with van der Waals surface area (Å²) in [4.78, 5) is 10.3. The van der Waals surface area contributed by atoms with Crippen LogP contribution in [0.4, 0.5) is 4.79 Å². The Bertz CT molecular complexity index is 115. The van der Waals surface area contributed by atoms with Gasteiger partial charge in [0.15, 0.2) is 0 Å². The average molecular weight is 131 g/mol. The molecular formula is C5H9NO3. The Morgan fingerprint density at radius 1 is 1.89 bits per heavy atom. The zero-order valence-electron chi connectivity index (χ0n) is 4.96. The predicted octanol–water partition coefficient (Wildman–Crippen LogP) is -0.523. The van der Waals surface area contributed by atoms with E-state index in [9.17, 15) is 4.79 Å². The Morgan fingerprint density at radius 2 is 2.67 bits per heavy atom. The second-order valence-corrected chi connectivity index (χ2v) is 1.95. The first-order valence-electron chi connectivity index (χ1n) is 2.87. The molecule has 4 nitrogen and oxygen atoms in total. The molecule has 0 aliphatic carbocycles. The van der Waals surface area contributed by atoms with Gasteiger partial charge in [0, 0.05) is 6.61 Å². The third-order valence-electron chi connectivity index (χ3n) is 1.22. The number of aliphatic hydroxyl groups excluding tert-OH is 1. The summed E-state index contributed by atoms with van der Waals surface area (Å²) >= 11 is 0. The summed E-state index contributed by atoms with van der Waals surface area (Å²) in [6, 6.07) is 0.0162. The molecule has 1 atom stereocenters. The molecule has 1 amide bonds. The van der Waals surface area contributed by atoms with E-state index in [1.54, 1.807) is 0 Å². The van der Waals surface area contributed by atoms with Gasteiger partial charge in [0.05, 0.1) is 6.04 Å². The summed E-state index contributed by atoms with van der Waals surface area (Å²) in [5.74, 6) is 0. The fourth-order valence-corrected chi connectivity index (χ4v) is 0.738. The average Bonchev–Trinajstić information content (AvgIpc) is 2.17. The van der Waals surface area contributed by atoms with Crippen molar-refractivity contribution in [2.45, 2.75) is 12.5 Å². The maximum atomic E-state index is 10.3. The van der Waals surface area contributed by atoms with E-state index in [1.165, 1.54) is 0 Å². The molecule has 0 bridgehead atoms. The molecule has 4 heteroatoms. The number of nitrogens with one attached hydrogen (secondary N) is 1. The lowest BCUT2D eigenvalue weighted by Crippen LogP contribution is -2.26. The molecule has 0 aromatic rings. The van der Waals surface area contributed by atoms with Crippen LogP contribution in [0, 0.1) is 0 Å². The zero-order chi connectivity index (χ0) is 6.69. The Balaban J connectivity index is 2.22. The predicted molar refractivity (Wildman–Crippen MR) is 30.0 cm³/mol. The molecule has 1 rings (SSSR count). The van der Waals surface area contributed by atoms with E-state index in [-0.39, 0.29) is 18.7 Å². The highest BCUT2D eigenvalue weighted by molar-refractivity contribution is 5.69. The number of cyclic esters (lactones) is 1. The summed E-state index contributed by atoms with van der Waals surface area (Å²) in [6.45, 7) is 0.480. The standard InChI is InChI=1S/C5H9NO3/c7-2-1-4-3-9-5(8)6-4/h4,7H,1-3H2,(H,6,8). The number of carbonyl (C=O) groups excluding carboxylic acids is 1. The van der Waals surface area contributed by atoms with Crippen LogP contribution in [0.3, 0.4) is 0 Å². The molecule has 1 aliphatic rings. The summed E-state index contributed by atoms with van der Waals surface area (Å²) in [6.07, 6.45) is 0.194. The molecule has 1 heterocycles. The first-order chi connectivity index (χ1) is 4.33. The molecule has 1 saturated heterocycles. The summed E-state index contributed by atoms with van der Waals surface area (Å²) in [5.41, 5.74) is 0. The van der Waals surface area contributed by atoms with Crippen LogP contribution in [0.1, 0.15) is 6.42 Å². The number of amides is 1. The first-order valence-corrected chi connectivity index (χ1v) is 2.87. The number of hydrogen-bond acceptors (Lipinski definition) is 3. The first kappa shape index (κ1) is 6.35. The quantitative estimate of drug-likeness (QED) is 0.530. The Kier molecular flexibility index (Phi) is 1.89. The van der Waals surface area contributed by atoms with Gasteiger partial charge in [-0.05, 0) is 6.42 Å². The number of alkyl carbamates (subject to hydrolysis) is 1. The van der Waals surface area contributed by atoms with E-state index in [2.05, 4.69) is 10.1 Å². The Morgan fingerprint density at radius 3 is 3.11 bits per heavy atom. The van der Waals surface area contributed by atoms with Crippen molar-refractivity contribution in [3.05, 3.63) is 0 Å². The third kappa shape index (κ3) is 1.57. The van der Waals surface area contributed by atoms with Gasteiger partial charge < -0.3 is 15.2 Å². The molecule has 1 fully saturated rings. The molecule has 0 aromatic heterocycles. The molecule has 0 saturated carbocycles. The van der Waals surface area contributed by atoms with Crippen LogP contribution in [-0.2, 0) is 4.74 Å². The lowest BCUT2D eigenvalue weighted by molar-refractivity contribution is 0.175. The zero-order valence-corrected chi connectivity index (χ0v) is 4.96. The monoisotopic (exact) mass is 131 g/mol. The minimum Gasteiger partial charge on any atom is -0.447 e. The van der Waals surface area contributed by atoms with Gasteiger partial charge in [-0.25, -0.2) is 4.79 Å². The second kappa shape index (κ2) is 2.68. The van der Waals surface area contributed by atoms with Crippen LogP contribution in [0.2, 0.25) is 0 Å². The van der Waals surface area contributed by atoms with E-state index < -0.39 is 0 Å². The fourth-order valence-electron chi connectivity index (χ4n) is 0.738. The minimum atomic E-state index is -0.381. The third-order valence-corrected chi connectivity index (χ3v) is 1.22. The van der Waals surface area contributed by atoms with Crippen LogP contribution in [0.25, 0.3) is 0 Å². The van der Waals surface area contributed by atoms with Gasteiger partial charge in [-0.3, -0.25) is 0 Å². The normalized spacial score (nSPS) is 25.4. The lowest BCUT2D eigenvalue weighted by Gasteiger charge is -2.01. The van der Waals surface area contributed by atoms with E-state index in [4.69, 9.17) is 5.11 Å². The number of rotatable bonds is 2. The summed E-state index contributed by atoms with van der Waals surface area (Å²) < 4.78 is 4.56. The van der Waals surface area contributed by atoms with Gasteiger partial charge in [0.1, 0.15) is 6.61 Å². The minimum absolute atomic E-state index is 0.0162. The van der Waals surface area contributed by atoms with Gasteiger partial charge in [-0.15, -0.1) is 0 Å². The van der Waals surface area contributed by atoms with Crippen LogP contribution >= 0.6 is 0 Å². The van der Waals surface area contributed by atoms with E-state index >= 15 is 0 Å². The van der Waals surface area contributed by atoms with Gasteiger partial charge >= 0.3 is 6.09 Å². The van der Waals surface area contributed by atoms with Gasteiger partial charge in [-0.1, -0.05) is 0 Å². The maximum absolute atomic E-state index is 10.3. The largest absolute Gasteiger partial charge is 0.447 e. The molecule has 9 heavy (non-hydrogen) atoms. The van der Waals surface area contributed by atoms with E-state index in [1.807, 2.05) is 0 Å². The topological polar surface area (TPSA) is 58.6 Å². The molecule has 0 spiro atoms. The number of ether oxygens (including phenoxy) is 1. The fraction of sp³-hybridized carbons (Fsp3) is 0.800. The number of hydrogen-bond donors (Lipinski definition) is 2. The van der Waals surface area contributed by atoms with E-state index in [0.29, 0.717) is 13.0 Å². The Hall–Kier alpha value is -0.770. The van der Waals surface area contributed by atoms with Crippen LogP contribution in [-0.4, -0.2) is 30.5 Å². The van der Waals surface area contributed by atoms with Gasteiger partial charge in [-0.2, -0.15) is 0 Å². The van der Waals surface area contributed by atoms with Crippen molar-refractivity contribution in [2.75, 3.05) is 13.2 Å². The molecule has 1 unspecified atom stereocenters. The van der Waals surface area contributed by atoms with Crippen molar-refractivity contribution >= 4 is 6.09 Å². The molecule has 2 N–H and O–H groups in total. The highest BCUT2D eigenvalue weighted by Crippen LogP contribution is 1.99. The smallest absolute Gasteiger partial charge is 0.407 e. The molecule has 0 radical (unpaired) electrons. The molecule has 0 aromatic carbocycles. The summed E-state index contributed by atoms with van der Waals surface area (Å²) in [7, 11) is 0. The van der Waals surface area contributed by atoms with Crippen molar-refractivity contribution in [3.63, 3.8) is 0 Å². The van der Waals surface area contributed by atoms with Crippen molar-refractivity contribution in [3.8, 4) is 0 Å².